The Morgan fingerprint density at radius 2 is 1.69 bits per heavy atom. The van der Waals surface area contributed by atoms with Gasteiger partial charge in [-0.05, 0) is 85.8 Å². The van der Waals surface area contributed by atoms with Crippen molar-refractivity contribution in [2.75, 3.05) is 13.7 Å². The predicted molar refractivity (Wildman–Crippen MR) is 154 cm³/mol. The number of nitrogens with zero attached hydrogens (tertiary/aromatic N) is 1. The van der Waals surface area contributed by atoms with E-state index in [1.807, 2.05) is 0 Å². The highest BCUT2D eigenvalue weighted by Crippen LogP contribution is 2.29. The maximum Gasteiger partial charge on any atom is 0.159 e. The second-order valence-corrected chi connectivity index (χ2v) is 9.08. The second kappa shape index (κ2) is 15.1. The van der Waals surface area contributed by atoms with Crippen molar-refractivity contribution < 1.29 is 9.53 Å². The molecule has 192 valence electrons. The molecule has 0 amide bonds. The molecule has 1 unspecified atom stereocenters. The number of carbonyl (C=O) groups is 1. The molecule has 0 saturated carbocycles. The van der Waals surface area contributed by atoms with Crippen LogP contribution in [-0.4, -0.2) is 29.4 Å². The molecule has 1 aromatic heterocycles. The molecule has 5 nitrogen and oxygen atoms in total. The van der Waals surface area contributed by atoms with Gasteiger partial charge in [-0.2, -0.15) is 0 Å². The third-order valence-electron chi connectivity index (χ3n) is 6.03. The summed E-state index contributed by atoms with van der Waals surface area (Å²) in [6.45, 7) is 9.03. The summed E-state index contributed by atoms with van der Waals surface area (Å²) in [5, 5.41) is 0. The molecular formula is C30H39N3O2S. The Hall–Kier alpha value is -3.09. The van der Waals surface area contributed by atoms with Crippen molar-refractivity contribution >= 4 is 29.4 Å². The van der Waals surface area contributed by atoms with Gasteiger partial charge in [0.15, 0.2) is 5.78 Å². The van der Waals surface area contributed by atoms with Crippen molar-refractivity contribution in [2.24, 2.45) is 11.7 Å². The highest BCUT2D eigenvalue weighted by atomic mass is 32.1. The van der Waals surface area contributed by atoms with Crippen molar-refractivity contribution in [3.05, 3.63) is 78.1 Å². The number of benzene rings is 3. The highest BCUT2D eigenvalue weighted by Gasteiger charge is 2.08. The zero-order chi connectivity index (χ0) is 26.5. The van der Waals surface area contributed by atoms with E-state index in [0.29, 0.717) is 0 Å². The monoisotopic (exact) mass is 505 g/mol. The first-order chi connectivity index (χ1) is 17.4. The van der Waals surface area contributed by atoms with Crippen LogP contribution in [0.5, 0.6) is 5.75 Å². The minimum atomic E-state index is 0.0910. The fourth-order valence-electron chi connectivity index (χ4n) is 3.56. The molecule has 36 heavy (non-hydrogen) atoms. The number of fused-ring (bicyclic) bond motifs is 1. The molecule has 1 heterocycles. The number of Topliss-reactive ketones (excluding diaryl/α,β-unsaturated/α-hetero) is 1. The van der Waals surface area contributed by atoms with Gasteiger partial charge in [-0.3, -0.25) is 4.79 Å². The van der Waals surface area contributed by atoms with Crippen LogP contribution in [-0.2, 0) is 6.42 Å². The fourth-order valence-corrected chi connectivity index (χ4v) is 3.71. The molecule has 1 atom stereocenters. The molecular weight excluding hydrogens is 466 g/mol. The molecule has 0 bridgehead atoms. The van der Waals surface area contributed by atoms with E-state index in [0.717, 1.165) is 52.6 Å². The largest absolute Gasteiger partial charge is 0.493 e. The maximum atomic E-state index is 10.7. The number of hydrogen-bond donors (Lipinski definition) is 3. The van der Waals surface area contributed by atoms with Crippen molar-refractivity contribution in [3.8, 4) is 16.9 Å². The average Bonchev–Trinajstić information content (AvgIpc) is 3.38. The van der Waals surface area contributed by atoms with Crippen molar-refractivity contribution in [1.29, 1.82) is 0 Å². The topological polar surface area (TPSA) is 81.0 Å². The summed E-state index contributed by atoms with van der Waals surface area (Å²) >= 11 is 4.09. The molecule has 3 N–H and O–H groups in total. The summed E-state index contributed by atoms with van der Waals surface area (Å²) < 4.78 is 6.03. The first-order valence-electron chi connectivity index (χ1n) is 12.5. The molecule has 0 saturated heterocycles. The van der Waals surface area contributed by atoms with Gasteiger partial charge in [0.2, 0.25) is 0 Å². The Bertz CT molecular complexity index is 1220. The van der Waals surface area contributed by atoms with Gasteiger partial charge in [0, 0.05) is 10.5 Å². The van der Waals surface area contributed by atoms with Crippen LogP contribution in [0.3, 0.4) is 0 Å². The number of ether oxygens (including phenoxy) is 1. The molecule has 0 aliphatic rings. The van der Waals surface area contributed by atoms with Crippen molar-refractivity contribution in [3.63, 3.8) is 0 Å². The molecule has 0 fully saturated rings. The summed E-state index contributed by atoms with van der Waals surface area (Å²) in [5.41, 5.74) is 11.0. The third kappa shape index (κ3) is 8.54. The summed E-state index contributed by atoms with van der Waals surface area (Å²) in [6.07, 6.45) is 5.02. The first kappa shape index (κ1) is 29.1. The number of H-pyrrole nitrogens is 1. The van der Waals surface area contributed by atoms with E-state index in [1.54, 1.807) is 37.5 Å². The Balaban J connectivity index is 0.000000318. The molecule has 0 radical (unpaired) electrons. The number of imidazole rings is 1. The predicted octanol–water partition coefficient (Wildman–Crippen LogP) is 7.36. The van der Waals surface area contributed by atoms with E-state index in [9.17, 15) is 4.79 Å². The molecule has 0 aliphatic carbocycles. The van der Waals surface area contributed by atoms with Gasteiger partial charge in [0.05, 0.1) is 24.0 Å². The number of nitrogens with one attached hydrogen (secondary N) is 1. The number of aromatic amines is 1. The first-order valence-corrected chi connectivity index (χ1v) is 12.9. The number of aromatic nitrogens is 2. The van der Waals surface area contributed by atoms with Crippen LogP contribution in [0.15, 0.2) is 71.9 Å². The zero-order valence-electron chi connectivity index (χ0n) is 22.0. The van der Waals surface area contributed by atoms with E-state index in [2.05, 4.69) is 85.5 Å². The number of carbonyl (C=O) groups excluding carboxylic acids is 1. The molecule has 0 spiro atoms. The van der Waals surface area contributed by atoms with Gasteiger partial charge in [-0.25, -0.2) is 4.98 Å². The van der Waals surface area contributed by atoms with Crippen LogP contribution >= 0.6 is 12.6 Å². The average molecular weight is 506 g/mol. The quantitative estimate of drug-likeness (QED) is 0.173. The molecule has 6 heteroatoms. The summed E-state index contributed by atoms with van der Waals surface area (Å²) in [5.74, 6) is 1.83. The fraction of sp³-hybridized carbons (Fsp3) is 0.333. The lowest BCUT2D eigenvalue weighted by Gasteiger charge is -2.14. The minimum Gasteiger partial charge on any atom is -0.493 e. The van der Waals surface area contributed by atoms with Crippen LogP contribution < -0.4 is 10.5 Å². The number of aryl methyl sites for hydroxylation is 1. The summed E-state index contributed by atoms with van der Waals surface area (Å²) in [4.78, 5) is 19.1. The van der Waals surface area contributed by atoms with Crippen LogP contribution in [0.2, 0.25) is 0 Å². The second-order valence-electron chi connectivity index (χ2n) is 8.56. The van der Waals surface area contributed by atoms with E-state index >= 15 is 0 Å². The zero-order valence-corrected chi connectivity index (χ0v) is 22.9. The number of ketones is 1. The van der Waals surface area contributed by atoms with Gasteiger partial charge in [-0.15, -0.1) is 12.6 Å². The highest BCUT2D eigenvalue weighted by molar-refractivity contribution is 7.80. The maximum absolute atomic E-state index is 10.7. The molecule has 4 aromatic rings. The summed E-state index contributed by atoms with van der Waals surface area (Å²) in [6, 6.07) is 20.0. The van der Waals surface area contributed by atoms with Gasteiger partial charge >= 0.3 is 0 Å². The lowest BCUT2D eigenvalue weighted by atomic mass is 10.0. The lowest BCUT2D eigenvalue weighted by Crippen LogP contribution is -2.04. The minimum absolute atomic E-state index is 0.0910. The van der Waals surface area contributed by atoms with Gasteiger partial charge in [0.25, 0.3) is 0 Å². The standard InChI is InChI=1S/C21H26N2O.C8H8OS.CH5N/c1-4-15(3)10-11-24-21-9-7-17(12-16(21)5-2)18-6-8-19-20(13-18)23-14-22-19;1-6(9)7-2-4-8(10)5-3-7;1-2/h6-9,12-15H,4-5,10-11H2,1-3H3,(H,22,23);2-5,10H,1H3;2H2,1H3. The normalized spacial score (nSPS) is 11.1. The van der Waals surface area contributed by atoms with Gasteiger partial charge in [0.1, 0.15) is 5.75 Å². The van der Waals surface area contributed by atoms with Gasteiger partial charge in [-0.1, -0.05) is 51.5 Å². The van der Waals surface area contributed by atoms with Crippen molar-refractivity contribution in [1.82, 2.24) is 9.97 Å². The lowest BCUT2D eigenvalue weighted by molar-refractivity contribution is 0.101. The van der Waals surface area contributed by atoms with Crippen LogP contribution in [0, 0.1) is 5.92 Å². The van der Waals surface area contributed by atoms with Crippen LogP contribution in [0.4, 0.5) is 0 Å². The number of rotatable bonds is 8. The number of thiol groups is 1. The smallest absolute Gasteiger partial charge is 0.159 e. The number of nitrogens with two attached hydrogens (primary N) is 1. The Morgan fingerprint density at radius 3 is 2.33 bits per heavy atom. The Morgan fingerprint density at radius 1 is 1.03 bits per heavy atom. The Labute approximate surface area is 220 Å². The Kier molecular flexibility index (Phi) is 12.2. The molecule has 0 aliphatic heterocycles. The third-order valence-corrected chi connectivity index (χ3v) is 6.33. The van der Waals surface area contributed by atoms with Crippen molar-refractivity contribution in [2.45, 2.75) is 51.9 Å². The van der Waals surface area contributed by atoms with Crippen LogP contribution in [0.25, 0.3) is 22.2 Å². The molecule has 3 aromatic carbocycles. The summed E-state index contributed by atoms with van der Waals surface area (Å²) in [7, 11) is 1.50. The van der Waals surface area contributed by atoms with E-state index < -0.39 is 0 Å². The van der Waals surface area contributed by atoms with E-state index in [1.165, 1.54) is 30.2 Å². The number of hydrogen-bond acceptors (Lipinski definition) is 5. The van der Waals surface area contributed by atoms with Crippen LogP contribution in [0.1, 0.15) is 56.5 Å². The van der Waals surface area contributed by atoms with E-state index in [-0.39, 0.29) is 5.78 Å². The SMILES string of the molecule is CC(=O)c1ccc(S)cc1.CCc1cc(-c2ccc3nc[nH]c3c2)ccc1OCCC(C)CC.CN. The molecule has 4 rings (SSSR count). The van der Waals surface area contributed by atoms with E-state index in [4.69, 9.17) is 4.74 Å². The van der Waals surface area contributed by atoms with Gasteiger partial charge < -0.3 is 15.5 Å².